The van der Waals surface area contributed by atoms with Gasteiger partial charge in [-0.3, -0.25) is 0 Å². The predicted molar refractivity (Wildman–Crippen MR) is 86.8 cm³/mol. The molecule has 21 heavy (non-hydrogen) atoms. The van der Waals surface area contributed by atoms with Crippen LogP contribution in [-0.2, 0) is 0 Å². The molecule has 0 saturated carbocycles. The first-order valence-corrected chi connectivity index (χ1v) is 7.65. The van der Waals surface area contributed by atoms with Crippen LogP contribution in [0.15, 0.2) is 48.5 Å². The van der Waals surface area contributed by atoms with Crippen molar-refractivity contribution < 1.29 is 0 Å². The first-order valence-electron chi connectivity index (χ1n) is 7.27. The number of rotatable bonds is 2. The minimum absolute atomic E-state index is 0.618. The number of nitriles is 1. The van der Waals surface area contributed by atoms with Gasteiger partial charge in [-0.2, -0.15) is 5.26 Å². The Hall–Kier alpha value is -1.98. The van der Waals surface area contributed by atoms with Crippen LogP contribution >= 0.6 is 11.6 Å². The maximum Gasteiger partial charge on any atom is 0.101 e. The molecule has 0 aromatic heterocycles. The summed E-state index contributed by atoms with van der Waals surface area (Å²) in [6.07, 6.45) is 2.22. The number of hydrogen-bond donors (Lipinski definition) is 0. The first kappa shape index (κ1) is 14.0. The van der Waals surface area contributed by atoms with Crippen LogP contribution in [0.1, 0.15) is 29.9 Å². The lowest BCUT2D eigenvalue weighted by Crippen LogP contribution is -2.33. The Labute approximate surface area is 130 Å². The zero-order valence-electron chi connectivity index (χ0n) is 11.8. The average molecular weight is 297 g/mol. The summed E-state index contributed by atoms with van der Waals surface area (Å²) >= 11 is 6.08. The number of anilines is 1. The van der Waals surface area contributed by atoms with Crippen LogP contribution in [0.5, 0.6) is 0 Å². The van der Waals surface area contributed by atoms with Gasteiger partial charge in [0.1, 0.15) is 6.07 Å². The van der Waals surface area contributed by atoms with Gasteiger partial charge in [0, 0.05) is 18.1 Å². The van der Waals surface area contributed by atoms with Crippen molar-refractivity contribution in [1.82, 2.24) is 0 Å². The quantitative estimate of drug-likeness (QED) is 0.810. The van der Waals surface area contributed by atoms with E-state index in [4.69, 9.17) is 11.6 Å². The molecule has 3 heteroatoms. The highest BCUT2D eigenvalue weighted by molar-refractivity contribution is 6.30. The van der Waals surface area contributed by atoms with E-state index in [1.54, 1.807) is 12.1 Å². The fourth-order valence-corrected chi connectivity index (χ4v) is 3.21. The van der Waals surface area contributed by atoms with Crippen LogP contribution in [0.3, 0.4) is 0 Å². The number of halogens is 1. The predicted octanol–water partition coefficient (Wildman–Crippen LogP) is 4.60. The lowest BCUT2D eigenvalue weighted by atomic mass is 9.89. The number of piperidine rings is 1. The molecule has 1 saturated heterocycles. The van der Waals surface area contributed by atoms with Crippen molar-refractivity contribution in [3.63, 3.8) is 0 Å². The van der Waals surface area contributed by atoms with Gasteiger partial charge < -0.3 is 4.90 Å². The van der Waals surface area contributed by atoms with Crippen molar-refractivity contribution in [2.75, 3.05) is 18.0 Å². The summed E-state index contributed by atoms with van der Waals surface area (Å²) in [5.41, 5.74) is 3.10. The Morgan fingerprint density at radius 2 is 1.76 bits per heavy atom. The highest BCUT2D eigenvalue weighted by Crippen LogP contribution is 2.32. The molecule has 0 atom stereocenters. The normalized spacial score (nSPS) is 15.7. The second-order valence-electron chi connectivity index (χ2n) is 5.45. The van der Waals surface area contributed by atoms with E-state index in [2.05, 4.69) is 41.3 Å². The molecule has 1 aliphatic heterocycles. The highest BCUT2D eigenvalue weighted by Gasteiger charge is 2.22. The molecule has 2 nitrogen and oxygen atoms in total. The second kappa shape index (κ2) is 6.20. The van der Waals surface area contributed by atoms with Crippen LogP contribution < -0.4 is 4.90 Å². The van der Waals surface area contributed by atoms with Crippen molar-refractivity contribution in [2.45, 2.75) is 18.8 Å². The smallest absolute Gasteiger partial charge is 0.101 e. The van der Waals surface area contributed by atoms with Gasteiger partial charge in [0.15, 0.2) is 0 Å². The van der Waals surface area contributed by atoms with Crippen LogP contribution in [0, 0.1) is 11.3 Å². The molecule has 2 aromatic carbocycles. The molecule has 1 fully saturated rings. The maximum atomic E-state index is 9.25. The molecule has 0 amide bonds. The van der Waals surface area contributed by atoms with E-state index in [1.807, 2.05) is 6.07 Å². The van der Waals surface area contributed by atoms with Gasteiger partial charge in [0.25, 0.3) is 0 Å². The summed E-state index contributed by atoms with van der Waals surface area (Å²) in [5.74, 6) is 0.618. The van der Waals surface area contributed by atoms with Crippen molar-refractivity contribution in [3.8, 4) is 6.07 Å². The molecule has 0 unspecified atom stereocenters. The van der Waals surface area contributed by atoms with E-state index >= 15 is 0 Å². The van der Waals surface area contributed by atoms with E-state index < -0.39 is 0 Å². The monoisotopic (exact) mass is 296 g/mol. The van der Waals surface area contributed by atoms with Crippen LogP contribution in [0.4, 0.5) is 5.69 Å². The van der Waals surface area contributed by atoms with Gasteiger partial charge in [0.2, 0.25) is 0 Å². The number of nitrogens with zero attached hydrogens (tertiary/aromatic N) is 2. The average Bonchev–Trinajstić information content (AvgIpc) is 2.56. The van der Waals surface area contributed by atoms with Gasteiger partial charge in [-0.1, -0.05) is 41.9 Å². The zero-order chi connectivity index (χ0) is 14.7. The molecule has 2 aromatic rings. The summed E-state index contributed by atoms with van der Waals surface area (Å²) in [6, 6.07) is 18.4. The summed E-state index contributed by atoms with van der Waals surface area (Å²) in [5, 5.41) is 9.94. The van der Waals surface area contributed by atoms with Crippen molar-refractivity contribution in [3.05, 3.63) is 64.7 Å². The van der Waals surface area contributed by atoms with E-state index in [0.717, 1.165) is 31.6 Å². The molecule has 106 valence electrons. The van der Waals surface area contributed by atoms with Crippen molar-refractivity contribution in [1.29, 1.82) is 5.26 Å². The molecular formula is C18H17ClN2. The van der Waals surface area contributed by atoms with E-state index in [-0.39, 0.29) is 0 Å². The largest absolute Gasteiger partial charge is 0.370 e. The molecule has 3 rings (SSSR count). The fourth-order valence-electron chi connectivity index (χ4n) is 3.04. The lowest BCUT2D eigenvalue weighted by Gasteiger charge is -2.34. The molecule has 0 radical (unpaired) electrons. The van der Waals surface area contributed by atoms with Gasteiger partial charge in [0.05, 0.1) is 11.3 Å². The van der Waals surface area contributed by atoms with Crippen LogP contribution in [-0.4, -0.2) is 13.1 Å². The van der Waals surface area contributed by atoms with E-state index in [0.29, 0.717) is 16.5 Å². The Kier molecular flexibility index (Phi) is 4.13. The summed E-state index contributed by atoms with van der Waals surface area (Å²) in [4.78, 5) is 2.28. The molecule has 0 spiro atoms. The number of hydrogen-bond acceptors (Lipinski definition) is 2. The molecule has 1 heterocycles. The van der Waals surface area contributed by atoms with Crippen molar-refractivity contribution >= 4 is 17.3 Å². The Morgan fingerprint density at radius 3 is 2.43 bits per heavy atom. The molecule has 0 N–H and O–H groups in total. The zero-order valence-corrected chi connectivity index (χ0v) is 12.6. The lowest BCUT2D eigenvalue weighted by molar-refractivity contribution is 0.505. The van der Waals surface area contributed by atoms with Gasteiger partial charge >= 0.3 is 0 Å². The highest BCUT2D eigenvalue weighted by atomic mass is 35.5. The molecular weight excluding hydrogens is 280 g/mol. The van der Waals surface area contributed by atoms with Crippen LogP contribution in [0.25, 0.3) is 0 Å². The summed E-state index contributed by atoms with van der Waals surface area (Å²) in [6.45, 7) is 1.93. The third-order valence-electron chi connectivity index (χ3n) is 4.19. The van der Waals surface area contributed by atoms with E-state index in [9.17, 15) is 5.26 Å². The van der Waals surface area contributed by atoms with Crippen LogP contribution in [0.2, 0.25) is 5.02 Å². The fraction of sp³-hybridized carbons (Fsp3) is 0.278. The Balaban J connectivity index is 1.75. The molecule has 0 bridgehead atoms. The minimum atomic E-state index is 0.618. The number of benzene rings is 2. The summed E-state index contributed by atoms with van der Waals surface area (Å²) < 4.78 is 0. The molecule has 0 aliphatic carbocycles. The Bertz CT molecular complexity index is 653. The maximum absolute atomic E-state index is 9.25. The SMILES string of the molecule is N#Cc1ccc(Cl)cc1N1CCC(c2ccccc2)CC1. The standard InChI is InChI=1S/C18H17ClN2/c19-17-7-6-16(13-20)18(12-17)21-10-8-15(9-11-21)14-4-2-1-3-5-14/h1-7,12,15H,8-11H2. The van der Waals surface area contributed by atoms with Gasteiger partial charge in [-0.05, 0) is 42.5 Å². The molecule has 1 aliphatic rings. The van der Waals surface area contributed by atoms with Gasteiger partial charge in [-0.15, -0.1) is 0 Å². The third-order valence-corrected chi connectivity index (χ3v) is 4.42. The van der Waals surface area contributed by atoms with E-state index in [1.165, 1.54) is 5.56 Å². The van der Waals surface area contributed by atoms with Crippen molar-refractivity contribution in [2.24, 2.45) is 0 Å². The summed E-state index contributed by atoms with van der Waals surface area (Å²) in [7, 11) is 0. The van der Waals surface area contributed by atoms with Gasteiger partial charge in [-0.25, -0.2) is 0 Å². The minimum Gasteiger partial charge on any atom is -0.370 e. The third kappa shape index (κ3) is 3.04. The topological polar surface area (TPSA) is 27.0 Å². The Morgan fingerprint density at radius 1 is 1.05 bits per heavy atom. The second-order valence-corrected chi connectivity index (χ2v) is 5.88. The first-order chi connectivity index (χ1) is 10.3.